The van der Waals surface area contributed by atoms with Crippen LogP contribution in [0.1, 0.15) is 67.2 Å². The zero-order valence-electron chi connectivity index (χ0n) is 11.5. The van der Waals surface area contributed by atoms with Crippen LogP contribution in [0.15, 0.2) is 11.8 Å². The SMILES string of the molecule is C/C=C(/NC(CCC)CCC)C(C)(C)C. The van der Waals surface area contributed by atoms with E-state index in [9.17, 15) is 0 Å². The van der Waals surface area contributed by atoms with Crippen LogP contribution >= 0.6 is 0 Å². The molecule has 15 heavy (non-hydrogen) atoms. The maximum Gasteiger partial charge on any atom is 0.0258 e. The monoisotopic (exact) mass is 211 g/mol. The Bertz CT molecular complexity index is 180. The Morgan fingerprint density at radius 2 is 1.60 bits per heavy atom. The minimum Gasteiger partial charge on any atom is -0.385 e. The summed E-state index contributed by atoms with van der Waals surface area (Å²) in [6.45, 7) is 13.5. The summed E-state index contributed by atoms with van der Waals surface area (Å²) in [6, 6.07) is 0.658. The molecule has 0 saturated heterocycles. The fraction of sp³-hybridized carbons (Fsp3) is 0.857. The summed E-state index contributed by atoms with van der Waals surface area (Å²) < 4.78 is 0. The van der Waals surface area contributed by atoms with Crippen LogP contribution in [-0.2, 0) is 0 Å². The van der Waals surface area contributed by atoms with E-state index in [0.717, 1.165) is 0 Å². The first-order valence-corrected chi connectivity index (χ1v) is 6.39. The van der Waals surface area contributed by atoms with Crippen molar-refractivity contribution < 1.29 is 0 Å². The van der Waals surface area contributed by atoms with Crippen molar-refractivity contribution in [3.8, 4) is 0 Å². The summed E-state index contributed by atoms with van der Waals surface area (Å²) in [5.41, 5.74) is 1.63. The van der Waals surface area contributed by atoms with Gasteiger partial charge in [-0.3, -0.25) is 0 Å². The van der Waals surface area contributed by atoms with E-state index in [1.54, 1.807) is 0 Å². The van der Waals surface area contributed by atoms with E-state index in [2.05, 4.69) is 52.9 Å². The smallest absolute Gasteiger partial charge is 0.0258 e. The lowest BCUT2D eigenvalue weighted by Crippen LogP contribution is -2.33. The van der Waals surface area contributed by atoms with Crippen molar-refractivity contribution in [2.75, 3.05) is 0 Å². The van der Waals surface area contributed by atoms with Crippen LogP contribution in [0.25, 0.3) is 0 Å². The maximum absolute atomic E-state index is 3.71. The third-order valence-corrected chi connectivity index (χ3v) is 2.73. The van der Waals surface area contributed by atoms with E-state index in [4.69, 9.17) is 0 Å². The molecule has 0 heterocycles. The normalized spacial score (nSPS) is 13.4. The van der Waals surface area contributed by atoms with Crippen molar-refractivity contribution in [1.82, 2.24) is 5.32 Å². The minimum atomic E-state index is 0.245. The zero-order chi connectivity index (χ0) is 11.9. The number of rotatable bonds is 6. The topological polar surface area (TPSA) is 12.0 Å². The molecule has 0 aromatic rings. The van der Waals surface area contributed by atoms with Crippen molar-refractivity contribution in [3.05, 3.63) is 11.8 Å². The highest BCUT2D eigenvalue weighted by Gasteiger charge is 2.18. The van der Waals surface area contributed by atoms with Crippen molar-refractivity contribution in [3.63, 3.8) is 0 Å². The second-order valence-corrected chi connectivity index (χ2v) is 5.37. The molecule has 0 aromatic carbocycles. The molecule has 90 valence electrons. The van der Waals surface area contributed by atoms with Gasteiger partial charge in [0.1, 0.15) is 0 Å². The van der Waals surface area contributed by atoms with E-state index in [1.807, 2.05) is 0 Å². The average Bonchev–Trinajstić information content (AvgIpc) is 2.12. The molecule has 0 aliphatic rings. The van der Waals surface area contributed by atoms with E-state index in [1.165, 1.54) is 31.4 Å². The summed E-state index contributed by atoms with van der Waals surface area (Å²) in [4.78, 5) is 0. The molecule has 0 rings (SSSR count). The molecule has 0 spiro atoms. The highest BCUT2D eigenvalue weighted by atomic mass is 14.9. The molecule has 0 fully saturated rings. The van der Waals surface area contributed by atoms with Gasteiger partial charge in [0.15, 0.2) is 0 Å². The molecule has 0 unspecified atom stereocenters. The summed E-state index contributed by atoms with van der Waals surface area (Å²) in [6.07, 6.45) is 7.30. The Balaban J connectivity index is 4.36. The van der Waals surface area contributed by atoms with Crippen LogP contribution in [0.2, 0.25) is 0 Å². The molecule has 1 N–H and O–H groups in total. The molecule has 0 bridgehead atoms. The molecule has 0 saturated carbocycles. The van der Waals surface area contributed by atoms with Crippen molar-refractivity contribution in [2.45, 2.75) is 73.3 Å². The largest absolute Gasteiger partial charge is 0.385 e. The molecular weight excluding hydrogens is 182 g/mol. The van der Waals surface area contributed by atoms with Gasteiger partial charge in [-0.2, -0.15) is 0 Å². The fourth-order valence-electron chi connectivity index (χ4n) is 1.94. The van der Waals surface area contributed by atoms with Crippen LogP contribution in [0.3, 0.4) is 0 Å². The molecule has 0 aromatic heterocycles. The number of hydrogen-bond donors (Lipinski definition) is 1. The molecule has 1 heteroatoms. The second kappa shape index (κ2) is 6.92. The van der Waals surface area contributed by atoms with E-state index in [-0.39, 0.29) is 5.41 Å². The van der Waals surface area contributed by atoms with Crippen molar-refractivity contribution >= 4 is 0 Å². The number of allylic oxidation sites excluding steroid dienone is 2. The Kier molecular flexibility index (Phi) is 6.71. The van der Waals surface area contributed by atoms with E-state index >= 15 is 0 Å². The minimum absolute atomic E-state index is 0.245. The van der Waals surface area contributed by atoms with Gasteiger partial charge in [0.2, 0.25) is 0 Å². The first-order valence-electron chi connectivity index (χ1n) is 6.39. The van der Waals surface area contributed by atoms with E-state index in [0.29, 0.717) is 6.04 Å². The van der Waals surface area contributed by atoms with Gasteiger partial charge in [-0.05, 0) is 19.8 Å². The van der Waals surface area contributed by atoms with Crippen LogP contribution in [0.4, 0.5) is 0 Å². The molecule has 0 radical (unpaired) electrons. The van der Waals surface area contributed by atoms with Crippen LogP contribution in [0.5, 0.6) is 0 Å². The molecule has 0 aliphatic heterocycles. The van der Waals surface area contributed by atoms with Crippen LogP contribution < -0.4 is 5.32 Å². The zero-order valence-corrected chi connectivity index (χ0v) is 11.5. The average molecular weight is 211 g/mol. The van der Waals surface area contributed by atoms with Crippen LogP contribution in [0, 0.1) is 5.41 Å². The second-order valence-electron chi connectivity index (χ2n) is 5.37. The first-order chi connectivity index (χ1) is 6.95. The van der Waals surface area contributed by atoms with Gasteiger partial charge in [-0.25, -0.2) is 0 Å². The van der Waals surface area contributed by atoms with Gasteiger partial charge >= 0.3 is 0 Å². The highest BCUT2D eigenvalue weighted by Crippen LogP contribution is 2.24. The molecular formula is C14H29N. The van der Waals surface area contributed by atoms with Crippen molar-refractivity contribution in [2.24, 2.45) is 5.41 Å². The summed E-state index contributed by atoms with van der Waals surface area (Å²) in [5.74, 6) is 0. The molecule has 0 atom stereocenters. The molecule has 0 amide bonds. The third-order valence-electron chi connectivity index (χ3n) is 2.73. The van der Waals surface area contributed by atoms with E-state index < -0.39 is 0 Å². The van der Waals surface area contributed by atoms with Gasteiger partial charge in [-0.1, -0.05) is 53.5 Å². The standard InChI is InChI=1S/C14H29N/c1-7-10-12(11-8-2)15-13(9-3)14(4,5)6/h9,12,15H,7-8,10-11H2,1-6H3/b13-9+. The Hall–Kier alpha value is -0.460. The lowest BCUT2D eigenvalue weighted by Gasteiger charge is -2.29. The molecule has 0 aliphatic carbocycles. The van der Waals surface area contributed by atoms with Gasteiger partial charge in [-0.15, -0.1) is 0 Å². The highest BCUT2D eigenvalue weighted by molar-refractivity contribution is 5.08. The quantitative estimate of drug-likeness (QED) is 0.682. The fourth-order valence-corrected chi connectivity index (χ4v) is 1.94. The Morgan fingerprint density at radius 3 is 1.87 bits per heavy atom. The van der Waals surface area contributed by atoms with Crippen molar-refractivity contribution in [1.29, 1.82) is 0 Å². The Morgan fingerprint density at radius 1 is 1.13 bits per heavy atom. The third kappa shape index (κ3) is 5.86. The summed E-state index contributed by atoms with van der Waals surface area (Å²) in [5, 5.41) is 3.71. The van der Waals surface area contributed by atoms with Gasteiger partial charge < -0.3 is 5.32 Å². The summed E-state index contributed by atoms with van der Waals surface area (Å²) >= 11 is 0. The maximum atomic E-state index is 3.71. The van der Waals surface area contributed by atoms with Gasteiger partial charge in [0.25, 0.3) is 0 Å². The van der Waals surface area contributed by atoms with Gasteiger partial charge in [0.05, 0.1) is 0 Å². The number of hydrogen-bond acceptors (Lipinski definition) is 1. The Labute approximate surface area is 96.3 Å². The van der Waals surface area contributed by atoms with Gasteiger partial charge in [0, 0.05) is 17.2 Å². The molecule has 1 nitrogen and oxygen atoms in total. The predicted octanol–water partition coefficient (Wildman–Crippen LogP) is 4.49. The predicted molar refractivity (Wildman–Crippen MR) is 70.0 cm³/mol. The first kappa shape index (κ1) is 14.5. The lowest BCUT2D eigenvalue weighted by atomic mass is 9.90. The lowest BCUT2D eigenvalue weighted by molar-refractivity contribution is 0.398. The summed E-state index contributed by atoms with van der Waals surface area (Å²) in [7, 11) is 0. The van der Waals surface area contributed by atoms with Crippen LogP contribution in [-0.4, -0.2) is 6.04 Å². The number of nitrogens with one attached hydrogen (secondary N) is 1.